The van der Waals surface area contributed by atoms with E-state index in [4.69, 9.17) is 4.74 Å². The second-order valence-electron chi connectivity index (χ2n) is 6.51. The summed E-state index contributed by atoms with van der Waals surface area (Å²) in [4.78, 5) is 18.4. The summed E-state index contributed by atoms with van der Waals surface area (Å²) in [7, 11) is 0. The second-order valence-corrected chi connectivity index (χ2v) is 7.83. The van der Waals surface area contributed by atoms with Crippen molar-refractivity contribution in [3.63, 3.8) is 0 Å². The maximum absolute atomic E-state index is 12.9. The number of aliphatic hydroxyl groups is 1. The van der Waals surface area contributed by atoms with Gasteiger partial charge in [0, 0.05) is 27.7 Å². The van der Waals surface area contributed by atoms with Gasteiger partial charge in [0.15, 0.2) is 0 Å². The van der Waals surface area contributed by atoms with Crippen molar-refractivity contribution in [3.05, 3.63) is 92.9 Å². The molecule has 0 fully saturated rings. The van der Waals surface area contributed by atoms with Crippen LogP contribution in [0.1, 0.15) is 32.5 Å². The van der Waals surface area contributed by atoms with Gasteiger partial charge >= 0.3 is 12.1 Å². The summed E-state index contributed by atoms with van der Waals surface area (Å²) in [5, 5.41) is 10.7. The van der Waals surface area contributed by atoms with Crippen LogP contribution in [-0.2, 0) is 22.3 Å². The number of hydrogen-bond acceptors (Lipinski definition) is 5. The lowest BCUT2D eigenvalue weighted by Gasteiger charge is -2.15. The molecular formula is C22H18F3NO3S. The van der Waals surface area contributed by atoms with Crippen LogP contribution in [0.2, 0.25) is 0 Å². The SMILES string of the molecule is Cc1ccc(C=C(C(=O)OCc2cccc(C(F)(F)F)c2)C(O)c2cccnc2)s1. The van der Waals surface area contributed by atoms with Crippen LogP contribution >= 0.6 is 11.3 Å². The lowest BCUT2D eigenvalue weighted by Crippen LogP contribution is -2.15. The van der Waals surface area contributed by atoms with Gasteiger partial charge in [-0.15, -0.1) is 11.3 Å². The molecule has 1 aromatic carbocycles. The summed E-state index contributed by atoms with van der Waals surface area (Å²) < 4.78 is 43.9. The Morgan fingerprint density at radius 3 is 2.67 bits per heavy atom. The van der Waals surface area contributed by atoms with E-state index in [1.54, 1.807) is 18.2 Å². The first-order chi connectivity index (χ1) is 14.2. The number of hydrogen-bond donors (Lipinski definition) is 1. The summed E-state index contributed by atoms with van der Waals surface area (Å²) in [6.45, 7) is 1.55. The Morgan fingerprint density at radius 1 is 1.23 bits per heavy atom. The number of aromatic nitrogens is 1. The molecule has 0 aliphatic heterocycles. The molecule has 3 rings (SSSR count). The van der Waals surface area contributed by atoms with Gasteiger partial charge in [-0.25, -0.2) is 4.79 Å². The van der Waals surface area contributed by atoms with Gasteiger partial charge < -0.3 is 9.84 Å². The molecule has 0 aliphatic rings. The number of carbonyl (C=O) groups excluding carboxylic acids is 1. The Balaban J connectivity index is 1.83. The fraction of sp³-hybridized carbons (Fsp3) is 0.182. The summed E-state index contributed by atoms with van der Waals surface area (Å²) in [6, 6.07) is 11.5. The van der Waals surface area contributed by atoms with Crippen LogP contribution in [0.5, 0.6) is 0 Å². The summed E-state index contributed by atoms with van der Waals surface area (Å²) in [5.74, 6) is -0.824. The summed E-state index contributed by atoms with van der Waals surface area (Å²) in [5.41, 5.74) is -0.262. The number of rotatable bonds is 6. The molecule has 2 aromatic heterocycles. The number of benzene rings is 1. The van der Waals surface area contributed by atoms with Gasteiger partial charge in [-0.1, -0.05) is 18.2 Å². The average molecular weight is 433 g/mol. The molecular weight excluding hydrogens is 415 g/mol. The van der Waals surface area contributed by atoms with Crippen molar-refractivity contribution in [2.24, 2.45) is 0 Å². The number of carbonyl (C=O) groups is 1. The molecule has 2 heterocycles. The normalized spacial score (nSPS) is 13.2. The number of halogens is 3. The van der Waals surface area contributed by atoms with Crippen LogP contribution in [0.25, 0.3) is 6.08 Å². The van der Waals surface area contributed by atoms with E-state index in [2.05, 4.69) is 4.98 Å². The van der Waals surface area contributed by atoms with Gasteiger partial charge in [0.05, 0.1) is 11.1 Å². The van der Waals surface area contributed by atoms with Crippen molar-refractivity contribution in [2.45, 2.75) is 25.8 Å². The highest BCUT2D eigenvalue weighted by atomic mass is 32.1. The van der Waals surface area contributed by atoms with Crippen molar-refractivity contribution in [1.82, 2.24) is 4.98 Å². The fourth-order valence-electron chi connectivity index (χ4n) is 2.72. The summed E-state index contributed by atoms with van der Waals surface area (Å²) in [6.07, 6.45) is -1.30. The minimum atomic E-state index is -4.49. The number of alkyl halides is 3. The minimum Gasteiger partial charge on any atom is -0.457 e. The topological polar surface area (TPSA) is 59.4 Å². The van der Waals surface area contributed by atoms with Gasteiger partial charge in [-0.2, -0.15) is 13.2 Å². The quantitative estimate of drug-likeness (QED) is 0.422. The molecule has 0 spiro atoms. The number of esters is 1. The molecule has 4 nitrogen and oxygen atoms in total. The van der Waals surface area contributed by atoms with Crippen molar-refractivity contribution in [1.29, 1.82) is 0 Å². The third kappa shape index (κ3) is 5.55. The predicted molar refractivity (Wildman–Crippen MR) is 107 cm³/mol. The largest absolute Gasteiger partial charge is 0.457 e. The highest BCUT2D eigenvalue weighted by Gasteiger charge is 2.30. The molecule has 0 bridgehead atoms. The molecule has 0 saturated heterocycles. The van der Waals surface area contributed by atoms with Crippen molar-refractivity contribution in [3.8, 4) is 0 Å². The first-order valence-corrected chi connectivity index (χ1v) is 9.75. The number of ether oxygens (including phenoxy) is 1. The van der Waals surface area contributed by atoms with E-state index in [0.29, 0.717) is 5.56 Å². The molecule has 30 heavy (non-hydrogen) atoms. The average Bonchev–Trinajstić information content (AvgIpc) is 3.15. The first-order valence-electron chi connectivity index (χ1n) is 8.93. The van der Waals surface area contributed by atoms with Gasteiger partial charge in [0.25, 0.3) is 0 Å². The Kier molecular flexibility index (Phi) is 6.69. The Hall–Kier alpha value is -2.97. The van der Waals surface area contributed by atoms with Crippen molar-refractivity contribution >= 4 is 23.4 Å². The molecule has 0 aliphatic carbocycles. The third-order valence-electron chi connectivity index (χ3n) is 4.21. The molecule has 1 atom stereocenters. The smallest absolute Gasteiger partial charge is 0.416 e. The highest BCUT2D eigenvalue weighted by molar-refractivity contribution is 7.12. The lowest BCUT2D eigenvalue weighted by atomic mass is 10.0. The monoisotopic (exact) mass is 433 g/mol. The van der Waals surface area contributed by atoms with Gasteiger partial charge in [-0.05, 0) is 48.9 Å². The summed E-state index contributed by atoms with van der Waals surface area (Å²) >= 11 is 1.43. The Morgan fingerprint density at radius 2 is 2.03 bits per heavy atom. The van der Waals surface area contributed by atoms with Gasteiger partial charge in [0.2, 0.25) is 0 Å². The van der Waals surface area contributed by atoms with Crippen LogP contribution in [0.15, 0.2) is 66.5 Å². The second kappa shape index (κ2) is 9.23. The molecule has 1 N–H and O–H groups in total. The maximum Gasteiger partial charge on any atom is 0.416 e. The van der Waals surface area contributed by atoms with E-state index in [0.717, 1.165) is 21.9 Å². The van der Waals surface area contributed by atoms with Crippen LogP contribution < -0.4 is 0 Å². The highest BCUT2D eigenvalue weighted by Crippen LogP contribution is 2.30. The van der Waals surface area contributed by atoms with Crippen LogP contribution in [0.4, 0.5) is 13.2 Å². The maximum atomic E-state index is 12.9. The van der Waals surface area contributed by atoms with Crippen LogP contribution in [-0.4, -0.2) is 16.1 Å². The Labute approximate surface area is 175 Å². The van der Waals surface area contributed by atoms with Gasteiger partial charge in [-0.3, -0.25) is 4.98 Å². The predicted octanol–water partition coefficient (Wildman–Crippen LogP) is 5.33. The van der Waals surface area contributed by atoms with Crippen molar-refractivity contribution in [2.75, 3.05) is 0 Å². The van der Waals surface area contributed by atoms with E-state index < -0.39 is 23.8 Å². The van der Waals surface area contributed by atoms with E-state index in [1.165, 1.54) is 41.9 Å². The zero-order valence-corrected chi connectivity index (χ0v) is 16.7. The number of aliphatic hydroxyl groups excluding tert-OH is 1. The first kappa shape index (κ1) is 21.7. The molecule has 0 amide bonds. The number of aryl methyl sites for hydroxylation is 1. The van der Waals surface area contributed by atoms with Crippen LogP contribution in [0.3, 0.4) is 0 Å². The third-order valence-corrected chi connectivity index (χ3v) is 5.16. The van der Waals surface area contributed by atoms with E-state index in [1.807, 2.05) is 13.0 Å². The minimum absolute atomic E-state index is 0.0307. The number of thiophene rings is 1. The van der Waals surface area contributed by atoms with Crippen LogP contribution in [0, 0.1) is 6.92 Å². The zero-order valence-electron chi connectivity index (χ0n) is 15.9. The van der Waals surface area contributed by atoms with Gasteiger partial charge in [0.1, 0.15) is 12.7 Å². The lowest BCUT2D eigenvalue weighted by molar-refractivity contribution is -0.141. The molecule has 8 heteroatoms. The molecule has 0 saturated carbocycles. The van der Waals surface area contributed by atoms with E-state index in [9.17, 15) is 23.1 Å². The van der Waals surface area contributed by atoms with E-state index in [-0.39, 0.29) is 17.7 Å². The standard InChI is InChI=1S/C22H18F3NO3S/c1-14-7-8-18(30-14)11-19(20(27)16-5-3-9-26-12-16)21(28)29-13-15-4-2-6-17(10-15)22(23,24)25/h2-12,20,27H,13H2,1H3. The van der Waals surface area contributed by atoms with Crippen molar-refractivity contribution < 1.29 is 27.8 Å². The zero-order chi connectivity index (χ0) is 21.7. The van der Waals surface area contributed by atoms with E-state index >= 15 is 0 Å². The number of pyridine rings is 1. The fourth-order valence-corrected chi connectivity index (χ4v) is 3.55. The number of nitrogens with zero attached hydrogens (tertiary/aromatic N) is 1. The molecule has 156 valence electrons. The molecule has 0 radical (unpaired) electrons. The molecule has 3 aromatic rings. The Bertz CT molecular complexity index is 1050. The molecule has 1 unspecified atom stereocenters.